The summed E-state index contributed by atoms with van der Waals surface area (Å²) in [6.07, 6.45) is 1.60. The molecule has 1 rings (SSSR count). The number of carbonyl (C=O) groups is 2. The number of carbonyl (C=O) groups excluding carboxylic acids is 1. The van der Waals surface area contributed by atoms with E-state index in [1.807, 2.05) is 0 Å². The molecule has 0 saturated carbocycles. The number of morpholine rings is 1. The molecule has 1 aliphatic heterocycles. The van der Waals surface area contributed by atoms with E-state index in [0.717, 1.165) is 6.42 Å². The van der Waals surface area contributed by atoms with Gasteiger partial charge in [0.15, 0.2) is 0 Å². The van der Waals surface area contributed by atoms with Gasteiger partial charge in [-0.1, -0.05) is 20.8 Å². The molecule has 6 heteroatoms. The molecule has 0 bridgehead atoms. The van der Waals surface area contributed by atoms with Crippen LogP contribution in [0.2, 0.25) is 0 Å². The molecule has 1 saturated heterocycles. The lowest BCUT2D eigenvalue weighted by atomic mass is 9.76. The second-order valence-corrected chi connectivity index (χ2v) is 6.66. The Kier molecular flexibility index (Phi) is 7.11. The van der Waals surface area contributed by atoms with Crippen molar-refractivity contribution in [2.75, 3.05) is 26.3 Å². The highest BCUT2D eigenvalue weighted by Gasteiger charge is 2.26. The summed E-state index contributed by atoms with van der Waals surface area (Å²) in [7, 11) is 0. The third-order valence-corrected chi connectivity index (χ3v) is 3.96. The largest absolute Gasteiger partial charge is 0.481 e. The van der Waals surface area contributed by atoms with Crippen molar-refractivity contribution in [3.8, 4) is 0 Å². The summed E-state index contributed by atoms with van der Waals surface area (Å²) < 4.78 is 5.26. The van der Waals surface area contributed by atoms with E-state index in [4.69, 9.17) is 9.84 Å². The lowest BCUT2D eigenvalue weighted by Gasteiger charge is -2.31. The molecule has 0 aromatic rings. The van der Waals surface area contributed by atoms with E-state index in [9.17, 15) is 9.59 Å². The summed E-state index contributed by atoms with van der Waals surface area (Å²) in [6.45, 7) is 8.64. The quantitative estimate of drug-likeness (QED) is 0.653. The van der Waals surface area contributed by atoms with E-state index in [-0.39, 0.29) is 29.7 Å². The van der Waals surface area contributed by atoms with Crippen LogP contribution >= 0.6 is 0 Å². The third kappa shape index (κ3) is 6.91. The maximum absolute atomic E-state index is 11.9. The van der Waals surface area contributed by atoms with Gasteiger partial charge in [0, 0.05) is 19.5 Å². The molecule has 0 aromatic heterocycles. The van der Waals surface area contributed by atoms with Crippen LogP contribution in [-0.2, 0) is 14.3 Å². The molecule has 2 atom stereocenters. The van der Waals surface area contributed by atoms with E-state index in [2.05, 4.69) is 31.4 Å². The van der Waals surface area contributed by atoms with Crippen molar-refractivity contribution in [1.82, 2.24) is 10.6 Å². The number of hydrogen-bond acceptors (Lipinski definition) is 4. The zero-order valence-corrected chi connectivity index (χ0v) is 13.3. The number of aliphatic carboxylic acids is 1. The number of amides is 1. The average Bonchev–Trinajstić information content (AvgIpc) is 2.41. The van der Waals surface area contributed by atoms with Gasteiger partial charge in [0.1, 0.15) is 6.04 Å². The summed E-state index contributed by atoms with van der Waals surface area (Å²) >= 11 is 0. The van der Waals surface area contributed by atoms with Gasteiger partial charge in [-0.2, -0.15) is 0 Å². The Bertz CT molecular complexity index is 346. The van der Waals surface area contributed by atoms with Gasteiger partial charge in [-0.3, -0.25) is 9.59 Å². The Morgan fingerprint density at radius 3 is 2.62 bits per heavy atom. The van der Waals surface area contributed by atoms with Crippen LogP contribution < -0.4 is 10.6 Å². The predicted octanol–water partition coefficient (Wildman–Crippen LogP) is 1.01. The molecule has 1 fully saturated rings. The second-order valence-electron chi connectivity index (χ2n) is 6.66. The molecule has 3 N–H and O–H groups in total. The summed E-state index contributed by atoms with van der Waals surface area (Å²) in [4.78, 5) is 22.7. The van der Waals surface area contributed by atoms with Crippen LogP contribution in [0.25, 0.3) is 0 Å². The molecule has 1 amide bonds. The molecule has 1 aliphatic rings. The zero-order valence-electron chi connectivity index (χ0n) is 13.3. The summed E-state index contributed by atoms with van der Waals surface area (Å²) in [5.74, 6) is -0.540. The highest BCUT2D eigenvalue weighted by atomic mass is 16.5. The van der Waals surface area contributed by atoms with Gasteiger partial charge in [0.2, 0.25) is 5.91 Å². The second kappa shape index (κ2) is 8.34. The molecule has 1 heterocycles. The molecule has 0 aromatic carbocycles. The van der Waals surface area contributed by atoms with Gasteiger partial charge in [-0.05, 0) is 24.2 Å². The fourth-order valence-corrected chi connectivity index (χ4v) is 2.53. The normalized spacial score (nSPS) is 20.8. The summed E-state index contributed by atoms with van der Waals surface area (Å²) in [5, 5.41) is 14.8. The minimum Gasteiger partial charge on any atom is -0.481 e. The molecule has 0 radical (unpaired) electrons. The average molecular weight is 300 g/mol. The van der Waals surface area contributed by atoms with Crippen molar-refractivity contribution in [2.24, 2.45) is 11.3 Å². The van der Waals surface area contributed by atoms with Gasteiger partial charge >= 0.3 is 5.97 Å². The van der Waals surface area contributed by atoms with Crippen molar-refractivity contribution in [2.45, 2.75) is 46.1 Å². The van der Waals surface area contributed by atoms with E-state index in [1.165, 1.54) is 0 Å². The molecule has 21 heavy (non-hydrogen) atoms. The number of nitrogens with one attached hydrogen (secondary N) is 2. The molecular formula is C15H28N2O4. The standard InChI is InChI=1S/C15H28N2O4/c1-15(2,3)11(4-5-13(18)19)6-7-17-14(20)12-10-21-9-8-16-12/h11-12,16H,4-10H2,1-3H3,(H,17,20)(H,18,19). The lowest BCUT2D eigenvalue weighted by Crippen LogP contribution is -2.51. The number of ether oxygens (including phenoxy) is 1. The topological polar surface area (TPSA) is 87.7 Å². The maximum atomic E-state index is 11.9. The zero-order chi connectivity index (χ0) is 15.9. The Morgan fingerprint density at radius 2 is 2.10 bits per heavy atom. The minimum absolute atomic E-state index is 0.0341. The van der Waals surface area contributed by atoms with E-state index in [0.29, 0.717) is 32.7 Å². The first kappa shape index (κ1) is 17.9. The van der Waals surface area contributed by atoms with Crippen LogP contribution in [0.1, 0.15) is 40.0 Å². The van der Waals surface area contributed by atoms with E-state index < -0.39 is 5.97 Å². The SMILES string of the molecule is CC(C)(C)C(CCNC(=O)C1COCCN1)CCC(=O)O. The molecule has 2 unspecified atom stereocenters. The van der Waals surface area contributed by atoms with Crippen LogP contribution in [0.3, 0.4) is 0 Å². The highest BCUT2D eigenvalue weighted by molar-refractivity contribution is 5.81. The highest BCUT2D eigenvalue weighted by Crippen LogP contribution is 2.32. The van der Waals surface area contributed by atoms with Crippen molar-refractivity contribution < 1.29 is 19.4 Å². The van der Waals surface area contributed by atoms with E-state index >= 15 is 0 Å². The lowest BCUT2D eigenvalue weighted by molar-refractivity contribution is -0.137. The van der Waals surface area contributed by atoms with Gasteiger partial charge < -0.3 is 20.5 Å². The predicted molar refractivity (Wildman–Crippen MR) is 80.1 cm³/mol. The van der Waals surface area contributed by atoms with Crippen molar-refractivity contribution in [1.29, 1.82) is 0 Å². The maximum Gasteiger partial charge on any atom is 0.303 e. The van der Waals surface area contributed by atoms with Crippen LogP contribution in [-0.4, -0.2) is 49.3 Å². The van der Waals surface area contributed by atoms with Gasteiger partial charge in [-0.25, -0.2) is 0 Å². The van der Waals surface area contributed by atoms with Crippen LogP contribution in [0, 0.1) is 11.3 Å². The number of rotatable bonds is 7. The summed E-state index contributed by atoms with van der Waals surface area (Å²) in [5.41, 5.74) is 0.0341. The molecule has 6 nitrogen and oxygen atoms in total. The summed E-state index contributed by atoms with van der Waals surface area (Å²) in [6, 6.07) is -0.272. The van der Waals surface area contributed by atoms with Crippen LogP contribution in [0.4, 0.5) is 0 Å². The molecule has 0 spiro atoms. The Hall–Kier alpha value is -1.14. The molecular weight excluding hydrogens is 272 g/mol. The first-order valence-electron chi connectivity index (χ1n) is 7.61. The molecule has 122 valence electrons. The fraction of sp³-hybridized carbons (Fsp3) is 0.867. The first-order chi connectivity index (χ1) is 9.80. The first-order valence-corrected chi connectivity index (χ1v) is 7.61. The molecule has 0 aliphatic carbocycles. The smallest absolute Gasteiger partial charge is 0.303 e. The Labute approximate surface area is 126 Å². The fourth-order valence-electron chi connectivity index (χ4n) is 2.53. The van der Waals surface area contributed by atoms with Crippen molar-refractivity contribution in [3.05, 3.63) is 0 Å². The Balaban J connectivity index is 2.34. The van der Waals surface area contributed by atoms with Crippen molar-refractivity contribution >= 4 is 11.9 Å². The third-order valence-electron chi connectivity index (χ3n) is 3.96. The number of hydrogen-bond donors (Lipinski definition) is 3. The van der Waals surface area contributed by atoms with E-state index in [1.54, 1.807) is 0 Å². The number of carboxylic acids is 1. The van der Waals surface area contributed by atoms with Gasteiger partial charge in [0.25, 0.3) is 0 Å². The van der Waals surface area contributed by atoms with Gasteiger partial charge in [0.05, 0.1) is 13.2 Å². The Morgan fingerprint density at radius 1 is 1.38 bits per heavy atom. The van der Waals surface area contributed by atoms with Crippen LogP contribution in [0.5, 0.6) is 0 Å². The minimum atomic E-state index is -0.767. The van der Waals surface area contributed by atoms with Crippen molar-refractivity contribution in [3.63, 3.8) is 0 Å². The monoisotopic (exact) mass is 300 g/mol. The van der Waals surface area contributed by atoms with Crippen LogP contribution in [0.15, 0.2) is 0 Å². The van der Waals surface area contributed by atoms with Gasteiger partial charge in [-0.15, -0.1) is 0 Å². The number of carboxylic acid groups (broad SMARTS) is 1.